The number of sulfonamides is 1. The van der Waals surface area contributed by atoms with Gasteiger partial charge in [0.2, 0.25) is 15.9 Å². The van der Waals surface area contributed by atoms with Gasteiger partial charge in [0.25, 0.3) is 0 Å². The van der Waals surface area contributed by atoms with Gasteiger partial charge >= 0.3 is 0 Å². The van der Waals surface area contributed by atoms with E-state index in [2.05, 4.69) is 12.2 Å². The molecule has 1 amide bonds. The number of rotatable bonds is 9. The molecule has 0 spiro atoms. The van der Waals surface area contributed by atoms with Crippen molar-refractivity contribution in [3.05, 3.63) is 24.3 Å². The van der Waals surface area contributed by atoms with Crippen LogP contribution in [0.3, 0.4) is 0 Å². The molecule has 1 aromatic rings. The summed E-state index contributed by atoms with van der Waals surface area (Å²) < 4.78 is 38.2. The highest BCUT2D eigenvalue weighted by atomic mass is 32.2. The molecule has 0 bridgehead atoms. The maximum Gasteiger partial charge on any atom is 0.243 e. The molecule has 2 saturated heterocycles. The van der Waals surface area contributed by atoms with Crippen LogP contribution in [0.1, 0.15) is 26.2 Å². The molecule has 174 valence electrons. The zero-order valence-corrected chi connectivity index (χ0v) is 19.5. The zero-order valence-electron chi connectivity index (χ0n) is 18.6. The van der Waals surface area contributed by atoms with Crippen LogP contribution in [0.15, 0.2) is 29.2 Å². The number of carbonyl (C=O) groups excluding carboxylic acids is 1. The van der Waals surface area contributed by atoms with Crippen LogP contribution in [0.4, 0.5) is 0 Å². The van der Waals surface area contributed by atoms with Gasteiger partial charge in [0, 0.05) is 19.5 Å². The van der Waals surface area contributed by atoms with Gasteiger partial charge in [0.15, 0.2) is 0 Å². The molecule has 2 fully saturated rings. The fraction of sp³-hybridized carbons (Fsp3) is 0.682. The Morgan fingerprint density at radius 1 is 1.23 bits per heavy atom. The number of hydrogen-bond donors (Lipinski definition) is 2. The van der Waals surface area contributed by atoms with Gasteiger partial charge in [-0.25, -0.2) is 8.42 Å². The summed E-state index contributed by atoms with van der Waals surface area (Å²) in [5.74, 6) is 1.09. The predicted molar refractivity (Wildman–Crippen MR) is 118 cm³/mol. The topological polar surface area (TPSA) is 89.4 Å². The predicted octanol–water partition coefficient (Wildman–Crippen LogP) is 0.153. The molecular formula is C22H36N3O5S+. The van der Waals surface area contributed by atoms with E-state index in [1.165, 1.54) is 4.90 Å². The van der Waals surface area contributed by atoms with Gasteiger partial charge in [0.1, 0.15) is 18.8 Å². The van der Waals surface area contributed by atoms with E-state index in [1.54, 1.807) is 35.7 Å². The molecule has 2 aliphatic heterocycles. The molecule has 0 unspecified atom stereocenters. The quantitative estimate of drug-likeness (QED) is 0.555. The number of piperidine rings is 1. The minimum atomic E-state index is -3.54. The molecule has 2 N–H and O–H groups in total. The average molecular weight is 455 g/mol. The molecule has 0 saturated carbocycles. The summed E-state index contributed by atoms with van der Waals surface area (Å²) in [6.45, 7) is 8.14. The van der Waals surface area contributed by atoms with Crippen LogP contribution in [0, 0.1) is 11.8 Å². The lowest BCUT2D eigenvalue weighted by molar-refractivity contribution is -0.906. The third kappa shape index (κ3) is 6.41. The molecule has 31 heavy (non-hydrogen) atoms. The molecule has 2 heterocycles. The lowest BCUT2D eigenvalue weighted by Gasteiger charge is -2.37. The molecular weight excluding hydrogens is 418 g/mol. The first-order chi connectivity index (χ1) is 14.9. The average Bonchev–Trinajstić information content (AvgIpc) is 2.80. The fourth-order valence-corrected chi connectivity index (χ4v) is 6.00. The standard InChI is InChI=1S/C22H35N3O5S/c1-3-18-17-25(31(27,28)21-6-4-20(29-2)5-7-21)10-8-19(18)16-22(26)23-9-11-24-12-14-30-15-13-24/h4-7,18-19H,3,8-17H2,1-2H3,(H,23,26)/p+1/t18-,19-/m0/s1. The normalized spacial score (nSPS) is 23.4. The number of benzene rings is 1. The van der Waals surface area contributed by atoms with Crippen LogP contribution >= 0.6 is 0 Å². The smallest absolute Gasteiger partial charge is 0.243 e. The summed E-state index contributed by atoms with van der Waals surface area (Å²) in [6.07, 6.45) is 2.02. The highest BCUT2D eigenvalue weighted by Gasteiger charge is 2.35. The summed E-state index contributed by atoms with van der Waals surface area (Å²) >= 11 is 0. The van der Waals surface area contributed by atoms with E-state index in [-0.39, 0.29) is 22.6 Å². The Morgan fingerprint density at radius 3 is 2.58 bits per heavy atom. The highest BCUT2D eigenvalue weighted by molar-refractivity contribution is 7.89. The minimum absolute atomic E-state index is 0.0718. The van der Waals surface area contributed by atoms with Crippen LogP contribution in [-0.4, -0.2) is 78.2 Å². The Balaban J connectivity index is 1.50. The number of hydrogen-bond acceptors (Lipinski definition) is 5. The second-order valence-corrected chi connectivity index (χ2v) is 10.4. The molecule has 0 aliphatic carbocycles. The van der Waals surface area contributed by atoms with Crippen molar-refractivity contribution in [1.82, 2.24) is 9.62 Å². The molecule has 9 heteroatoms. The Bertz CT molecular complexity index is 809. The van der Waals surface area contributed by atoms with Gasteiger partial charge in [-0.15, -0.1) is 0 Å². The van der Waals surface area contributed by atoms with Crippen LogP contribution < -0.4 is 15.0 Å². The first-order valence-corrected chi connectivity index (χ1v) is 12.7. The molecule has 0 aromatic heterocycles. The number of nitrogens with zero attached hydrogens (tertiary/aromatic N) is 1. The number of nitrogens with one attached hydrogen (secondary N) is 2. The lowest BCUT2D eigenvalue weighted by Crippen LogP contribution is -3.14. The van der Waals surface area contributed by atoms with E-state index in [0.717, 1.165) is 39.3 Å². The molecule has 0 radical (unpaired) electrons. The van der Waals surface area contributed by atoms with Gasteiger partial charge < -0.3 is 19.7 Å². The molecule has 2 aliphatic rings. The summed E-state index contributed by atoms with van der Waals surface area (Å²) in [7, 11) is -1.99. The Labute approximate surface area is 185 Å². The van der Waals surface area contributed by atoms with E-state index < -0.39 is 10.0 Å². The monoisotopic (exact) mass is 454 g/mol. The Kier molecular flexibility index (Phi) is 8.71. The van der Waals surface area contributed by atoms with Crippen LogP contribution in [0.2, 0.25) is 0 Å². The molecule has 8 nitrogen and oxygen atoms in total. The second-order valence-electron chi connectivity index (χ2n) is 8.42. The first kappa shape index (κ1) is 24.0. The maximum absolute atomic E-state index is 13.1. The van der Waals surface area contributed by atoms with E-state index in [9.17, 15) is 13.2 Å². The van der Waals surface area contributed by atoms with Crippen molar-refractivity contribution < 1.29 is 27.6 Å². The minimum Gasteiger partial charge on any atom is -0.497 e. The lowest BCUT2D eigenvalue weighted by atomic mass is 9.82. The van der Waals surface area contributed by atoms with E-state index >= 15 is 0 Å². The zero-order chi connectivity index (χ0) is 22.3. The van der Waals surface area contributed by atoms with Crippen LogP contribution in [0.5, 0.6) is 5.75 Å². The SMILES string of the molecule is CC[C@H]1CN(S(=O)(=O)c2ccc(OC)cc2)CC[C@H]1CC(=O)NCC[NH+]1CCOCC1. The van der Waals surface area contributed by atoms with Crippen molar-refractivity contribution in [1.29, 1.82) is 0 Å². The van der Waals surface area contributed by atoms with Crippen molar-refractivity contribution in [2.24, 2.45) is 11.8 Å². The second kappa shape index (κ2) is 11.3. The maximum atomic E-state index is 13.1. The largest absolute Gasteiger partial charge is 0.497 e. The number of methoxy groups -OCH3 is 1. The Morgan fingerprint density at radius 2 is 1.94 bits per heavy atom. The summed E-state index contributed by atoms with van der Waals surface area (Å²) in [5, 5.41) is 3.06. The first-order valence-electron chi connectivity index (χ1n) is 11.3. The highest BCUT2D eigenvalue weighted by Crippen LogP contribution is 2.32. The number of ether oxygens (including phenoxy) is 2. The fourth-order valence-electron chi connectivity index (χ4n) is 4.49. The van der Waals surface area contributed by atoms with Crippen molar-refractivity contribution in [3.8, 4) is 5.75 Å². The molecule has 2 atom stereocenters. The summed E-state index contributed by atoms with van der Waals surface area (Å²) in [6, 6.07) is 6.51. The third-order valence-corrected chi connectivity index (χ3v) is 8.40. The Hall–Kier alpha value is -1.68. The molecule has 3 rings (SSSR count). The summed E-state index contributed by atoms with van der Waals surface area (Å²) in [5.41, 5.74) is 0. The van der Waals surface area contributed by atoms with Crippen molar-refractivity contribution in [2.75, 3.05) is 59.6 Å². The van der Waals surface area contributed by atoms with Crippen LogP contribution in [0.25, 0.3) is 0 Å². The number of morpholine rings is 1. The van der Waals surface area contributed by atoms with Crippen molar-refractivity contribution in [3.63, 3.8) is 0 Å². The van der Waals surface area contributed by atoms with Gasteiger partial charge in [-0.05, 0) is 42.5 Å². The van der Waals surface area contributed by atoms with Gasteiger partial charge in [-0.1, -0.05) is 13.3 Å². The summed E-state index contributed by atoms with van der Waals surface area (Å²) in [4.78, 5) is 14.2. The van der Waals surface area contributed by atoms with Crippen molar-refractivity contribution >= 4 is 15.9 Å². The molecule has 1 aromatic carbocycles. The van der Waals surface area contributed by atoms with E-state index in [0.29, 0.717) is 38.2 Å². The third-order valence-electron chi connectivity index (χ3n) is 6.52. The van der Waals surface area contributed by atoms with Gasteiger partial charge in [-0.2, -0.15) is 4.31 Å². The number of amides is 1. The van der Waals surface area contributed by atoms with E-state index in [4.69, 9.17) is 9.47 Å². The van der Waals surface area contributed by atoms with Crippen molar-refractivity contribution in [2.45, 2.75) is 31.1 Å². The number of carbonyl (C=O) groups is 1. The van der Waals surface area contributed by atoms with Crippen LogP contribution in [-0.2, 0) is 19.6 Å². The van der Waals surface area contributed by atoms with Gasteiger partial charge in [0.05, 0.1) is 38.3 Å². The van der Waals surface area contributed by atoms with E-state index in [1.807, 2.05) is 0 Å². The number of quaternary nitrogens is 1. The van der Waals surface area contributed by atoms with Gasteiger partial charge in [-0.3, -0.25) is 4.79 Å².